The average Bonchev–Trinajstić information content (AvgIpc) is 2.65. The van der Waals surface area contributed by atoms with Gasteiger partial charge in [0.1, 0.15) is 23.1 Å². The molecule has 2 N–H and O–H groups in total. The van der Waals surface area contributed by atoms with Gasteiger partial charge in [-0.2, -0.15) is 0 Å². The molecule has 6 nitrogen and oxygen atoms in total. The smallest absolute Gasteiger partial charge is 0.274 e. The minimum atomic E-state index is -0.320. The largest absolute Gasteiger partial charge is 0.492 e. The standard InChI is InChI=1S/C21H22N4O2/c1-4-27-19-8-6-5-7-17(19)25-21(26)18-13-20(23-15(3)22-18)24-16-11-9-14(2)10-12-16/h5-13H,4H2,1-3H3,(H,25,26)(H,22,23,24). The maximum atomic E-state index is 12.7. The predicted molar refractivity (Wildman–Crippen MR) is 107 cm³/mol. The topological polar surface area (TPSA) is 76.1 Å². The van der Waals surface area contributed by atoms with Gasteiger partial charge in [-0.15, -0.1) is 0 Å². The van der Waals surface area contributed by atoms with E-state index in [-0.39, 0.29) is 11.6 Å². The Labute approximate surface area is 158 Å². The summed E-state index contributed by atoms with van der Waals surface area (Å²) in [6, 6.07) is 16.9. The average molecular weight is 362 g/mol. The quantitative estimate of drug-likeness (QED) is 0.676. The lowest BCUT2D eigenvalue weighted by Gasteiger charge is -2.12. The first kappa shape index (κ1) is 18.4. The van der Waals surface area contributed by atoms with Gasteiger partial charge in [-0.05, 0) is 45.0 Å². The number of ether oxygens (including phenoxy) is 1. The lowest BCUT2D eigenvalue weighted by atomic mass is 10.2. The number of aromatic nitrogens is 2. The summed E-state index contributed by atoms with van der Waals surface area (Å²) in [5.74, 6) is 1.38. The monoisotopic (exact) mass is 362 g/mol. The van der Waals surface area contributed by atoms with Crippen molar-refractivity contribution in [2.45, 2.75) is 20.8 Å². The van der Waals surface area contributed by atoms with Crippen LogP contribution in [0, 0.1) is 13.8 Å². The third-order valence-corrected chi connectivity index (χ3v) is 3.83. The first-order valence-electron chi connectivity index (χ1n) is 8.77. The molecule has 3 aromatic rings. The van der Waals surface area contributed by atoms with Crippen LogP contribution in [0.5, 0.6) is 5.75 Å². The molecular weight excluding hydrogens is 340 g/mol. The van der Waals surface area contributed by atoms with Crippen LogP contribution in [0.1, 0.15) is 28.8 Å². The van der Waals surface area contributed by atoms with Crippen LogP contribution in [0.3, 0.4) is 0 Å². The SMILES string of the molecule is CCOc1ccccc1NC(=O)c1cc(Nc2ccc(C)cc2)nc(C)n1. The molecule has 0 atom stereocenters. The van der Waals surface area contributed by atoms with Crippen molar-refractivity contribution in [3.8, 4) is 5.75 Å². The summed E-state index contributed by atoms with van der Waals surface area (Å²) in [6.45, 7) is 6.20. The molecule has 0 aliphatic carbocycles. The van der Waals surface area contributed by atoms with Gasteiger partial charge >= 0.3 is 0 Å². The van der Waals surface area contributed by atoms with E-state index in [4.69, 9.17) is 4.74 Å². The van der Waals surface area contributed by atoms with Crippen molar-refractivity contribution in [2.24, 2.45) is 0 Å². The highest BCUT2D eigenvalue weighted by Gasteiger charge is 2.13. The number of rotatable bonds is 6. The molecule has 0 aliphatic heterocycles. The van der Waals surface area contributed by atoms with Crippen molar-refractivity contribution in [1.82, 2.24) is 9.97 Å². The van der Waals surface area contributed by atoms with E-state index in [0.29, 0.717) is 29.7 Å². The van der Waals surface area contributed by atoms with Gasteiger partial charge < -0.3 is 15.4 Å². The molecule has 0 spiro atoms. The molecule has 6 heteroatoms. The first-order valence-corrected chi connectivity index (χ1v) is 8.77. The molecule has 3 rings (SSSR count). The highest BCUT2D eigenvalue weighted by atomic mass is 16.5. The molecule has 0 fully saturated rings. The fourth-order valence-electron chi connectivity index (χ4n) is 2.57. The van der Waals surface area contributed by atoms with Gasteiger partial charge in [0, 0.05) is 11.8 Å². The summed E-state index contributed by atoms with van der Waals surface area (Å²) >= 11 is 0. The summed E-state index contributed by atoms with van der Waals surface area (Å²) in [6.07, 6.45) is 0. The van der Waals surface area contributed by atoms with Crippen LogP contribution >= 0.6 is 0 Å². The number of benzene rings is 2. The number of hydrogen-bond donors (Lipinski definition) is 2. The van der Waals surface area contributed by atoms with Crippen molar-refractivity contribution >= 4 is 23.1 Å². The summed E-state index contributed by atoms with van der Waals surface area (Å²) in [4.78, 5) is 21.3. The Kier molecular flexibility index (Phi) is 5.66. The molecule has 138 valence electrons. The molecule has 0 bridgehead atoms. The van der Waals surface area contributed by atoms with Crippen molar-refractivity contribution in [3.05, 3.63) is 71.7 Å². The third kappa shape index (κ3) is 4.82. The molecule has 0 aliphatic rings. The van der Waals surface area contributed by atoms with E-state index >= 15 is 0 Å². The number of nitrogens with zero attached hydrogens (tertiary/aromatic N) is 2. The minimum absolute atomic E-state index is 0.281. The van der Waals surface area contributed by atoms with Crippen LogP contribution < -0.4 is 15.4 Å². The van der Waals surface area contributed by atoms with Gasteiger partial charge in [0.25, 0.3) is 5.91 Å². The van der Waals surface area contributed by atoms with Crippen LogP contribution in [0.25, 0.3) is 0 Å². The Hall–Kier alpha value is -3.41. The summed E-state index contributed by atoms with van der Waals surface area (Å²) in [5, 5.41) is 6.06. The second-order valence-corrected chi connectivity index (χ2v) is 6.06. The Balaban J connectivity index is 1.81. The summed E-state index contributed by atoms with van der Waals surface area (Å²) < 4.78 is 5.55. The maximum absolute atomic E-state index is 12.7. The van der Waals surface area contributed by atoms with E-state index in [2.05, 4.69) is 20.6 Å². The fourth-order valence-corrected chi connectivity index (χ4v) is 2.57. The van der Waals surface area contributed by atoms with Crippen molar-refractivity contribution in [3.63, 3.8) is 0 Å². The molecule has 1 amide bonds. The minimum Gasteiger partial charge on any atom is -0.492 e. The molecule has 27 heavy (non-hydrogen) atoms. The molecule has 0 radical (unpaired) electrons. The molecule has 1 aromatic heterocycles. The van der Waals surface area contributed by atoms with E-state index in [1.165, 1.54) is 5.56 Å². The number of aryl methyl sites for hydroxylation is 2. The number of carbonyl (C=O) groups is 1. The van der Waals surface area contributed by atoms with Gasteiger partial charge in [0.05, 0.1) is 12.3 Å². The Morgan fingerprint density at radius 1 is 1.04 bits per heavy atom. The van der Waals surface area contributed by atoms with E-state index in [1.54, 1.807) is 19.1 Å². The number of anilines is 3. The van der Waals surface area contributed by atoms with Gasteiger partial charge in [-0.25, -0.2) is 9.97 Å². The number of carbonyl (C=O) groups excluding carboxylic acids is 1. The van der Waals surface area contributed by atoms with Gasteiger partial charge in [0.2, 0.25) is 0 Å². The van der Waals surface area contributed by atoms with Crippen LogP contribution in [0.15, 0.2) is 54.6 Å². The van der Waals surface area contributed by atoms with Crippen LogP contribution in [0.4, 0.5) is 17.2 Å². The number of hydrogen-bond acceptors (Lipinski definition) is 5. The van der Waals surface area contributed by atoms with Crippen LogP contribution in [-0.2, 0) is 0 Å². The number of amides is 1. The second-order valence-electron chi connectivity index (χ2n) is 6.06. The van der Waals surface area contributed by atoms with Crippen LogP contribution in [0.2, 0.25) is 0 Å². The van der Waals surface area contributed by atoms with Gasteiger partial charge in [-0.3, -0.25) is 4.79 Å². The lowest BCUT2D eigenvalue weighted by molar-refractivity contribution is 0.102. The van der Waals surface area contributed by atoms with E-state index in [0.717, 1.165) is 5.69 Å². The van der Waals surface area contributed by atoms with E-state index in [9.17, 15) is 4.79 Å². The number of para-hydroxylation sites is 2. The molecule has 1 heterocycles. The summed E-state index contributed by atoms with van der Waals surface area (Å²) in [5.41, 5.74) is 2.95. The zero-order chi connectivity index (χ0) is 19.2. The highest BCUT2D eigenvalue weighted by molar-refractivity contribution is 6.04. The molecular formula is C21H22N4O2. The zero-order valence-electron chi connectivity index (χ0n) is 15.6. The van der Waals surface area contributed by atoms with Gasteiger partial charge in [-0.1, -0.05) is 29.8 Å². The second kappa shape index (κ2) is 8.31. The van der Waals surface area contributed by atoms with Gasteiger partial charge in [0.15, 0.2) is 0 Å². The normalized spacial score (nSPS) is 10.3. The highest BCUT2D eigenvalue weighted by Crippen LogP contribution is 2.24. The Morgan fingerprint density at radius 3 is 2.52 bits per heavy atom. The third-order valence-electron chi connectivity index (χ3n) is 3.83. The zero-order valence-corrected chi connectivity index (χ0v) is 15.6. The first-order chi connectivity index (χ1) is 13.0. The van der Waals surface area contributed by atoms with Crippen LogP contribution in [-0.4, -0.2) is 22.5 Å². The summed E-state index contributed by atoms with van der Waals surface area (Å²) in [7, 11) is 0. The predicted octanol–water partition coefficient (Wildman–Crippen LogP) is 4.49. The van der Waals surface area contributed by atoms with Crippen molar-refractivity contribution < 1.29 is 9.53 Å². The maximum Gasteiger partial charge on any atom is 0.274 e. The number of nitrogens with one attached hydrogen (secondary N) is 2. The molecule has 2 aromatic carbocycles. The van der Waals surface area contributed by atoms with E-state index < -0.39 is 0 Å². The molecule has 0 saturated carbocycles. The lowest BCUT2D eigenvalue weighted by Crippen LogP contribution is -2.16. The van der Waals surface area contributed by atoms with Crippen molar-refractivity contribution in [1.29, 1.82) is 0 Å². The van der Waals surface area contributed by atoms with E-state index in [1.807, 2.05) is 56.3 Å². The molecule has 0 unspecified atom stereocenters. The Bertz CT molecular complexity index is 939. The Morgan fingerprint density at radius 2 is 1.78 bits per heavy atom. The fraction of sp³-hybridized carbons (Fsp3) is 0.190. The molecule has 0 saturated heterocycles. The van der Waals surface area contributed by atoms with Crippen molar-refractivity contribution in [2.75, 3.05) is 17.2 Å².